The molecule has 0 aromatic heterocycles. The van der Waals surface area contributed by atoms with Crippen LogP contribution in [0.5, 0.6) is 0 Å². The smallest absolute Gasteiger partial charge is 0.407 e. The average Bonchev–Trinajstić information content (AvgIpc) is 2.87. The average molecular weight is 610 g/mol. The number of unbranched alkanes of at least 4 members (excludes halogenated alkanes) is 1. The Morgan fingerprint density at radius 3 is 1.98 bits per heavy atom. The molecule has 1 heterocycles. The van der Waals surface area contributed by atoms with Crippen LogP contribution in [0.25, 0.3) is 0 Å². The predicted molar refractivity (Wildman–Crippen MR) is 133 cm³/mol. The number of hydrogen-bond acceptors (Lipinski definition) is 15. The first-order valence-electron chi connectivity index (χ1n) is 12.8. The summed E-state index contributed by atoms with van der Waals surface area (Å²) in [6.07, 6.45) is -10.8. The van der Waals surface area contributed by atoms with Gasteiger partial charge >= 0.3 is 47.7 Å². The number of esters is 6. The van der Waals surface area contributed by atoms with E-state index < -0.39 is 90.9 Å². The minimum absolute atomic E-state index is 0.0761. The maximum absolute atomic E-state index is 16.3. The molecule has 1 aliphatic heterocycles. The molecule has 42 heavy (non-hydrogen) atoms. The molecule has 0 saturated carbocycles. The van der Waals surface area contributed by atoms with Crippen molar-refractivity contribution in [1.29, 1.82) is 0 Å². The van der Waals surface area contributed by atoms with Crippen molar-refractivity contribution < 1.29 is 75.8 Å². The van der Waals surface area contributed by atoms with Gasteiger partial charge in [-0.15, -0.1) is 0 Å². The van der Waals surface area contributed by atoms with Gasteiger partial charge in [-0.2, -0.15) is 0 Å². The predicted octanol–water partition coefficient (Wildman–Crippen LogP) is 0.409. The second-order valence-corrected chi connectivity index (χ2v) is 9.00. The van der Waals surface area contributed by atoms with Crippen LogP contribution < -0.4 is 5.32 Å². The summed E-state index contributed by atoms with van der Waals surface area (Å²) in [6.45, 7) is 5.57. The van der Waals surface area contributed by atoms with Gasteiger partial charge in [-0.3, -0.25) is 24.0 Å². The lowest BCUT2D eigenvalue weighted by Crippen LogP contribution is -2.74. The van der Waals surface area contributed by atoms with Crippen molar-refractivity contribution in [3.8, 4) is 0 Å². The van der Waals surface area contributed by atoms with Gasteiger partial charge in [0.25, 0.3) is 0 Å². The highest BCUT2D eigenvalue weighted by molar-refractivity contribution is 5.83. The van der Waals surface area contributed by atoms with E-state index in [2.05, 4.69) is 10.1 Å². The summed E-state index contributed by atoms with van der Waals surface area (Å²) < 4.78 is 57.1. The van der Waals surface area contributed by atoms with E-state index in [1.54, 1.807) is 0 Å². The number of alkyl halides is 1. The zero-order chi connectivity index (χ0) is 32.2. The minimum atomic E-state index is -3.30. The third-order valence-corrected chi connectivity index (χ3v) is 5.51. The van der Waals surface area contributed by atoms with Crippen molar-refractivity contribution in [2.24, 2.45) is 0 Å². The Hall–Kier alpha value is -4.02. The van der Waals surface area contributed by atoms with Crippen LogP contribution in [0, 0.1) is 0 Å². The van der Waals surface area contributed by atoms with Crippen LogP contribution in [0.2, 0.25) is 0 Å². The zero-order valence-corrected chi connectivity index (χ0v) is 24.3. The molecule has 1 unspecified atom stereocenters. The fraction of sp³-hybridized carbons (Fsp3) is 0.720. The maximum atomic E-state index is 16.3. The van der Waals surface area contributed by atoms with Crippen molar-refractivity contribution in [2.75, 3.05) is 20.3 Å². The molecule has 1 rings (SSSR count). The molecule has 0 spiro atoms. The summed E-state index contributed by atoms with van der Waals surface area (Å²) in [7, 11) is 0.806. The van der Waals surface area contributed by atoms with E-state index in [0.717, 1.165) is 41.7 Å². The summed E-state index contributed by atoms with van der Waals surface area (Å²) >= 11 is 0. The van der Waals surface area contributed by atoms with Crippen LogP contribution in [0.4, 0.5) is 9.18 Å². The van der Waals surface area contributed by atoms with E-state index in [4.69, 9.17) is 33.2 Å². The third-order valence-electron chi connectivity index (χ3n) is 5.51. The van der Waals surface area contributed by atoms with Gasteiger partial charge in [0.2, 0.25) is 6.17 Å². The Kier molecular flexibility index (Phi) is 14.1. The molecule has 1 N–H and O–H groups in total. The van der Waals surface area contributed by atoms with Crippen molar-refractivity contribution in [3.05, 3.63) is 0 Å². The normalized spacial score (nSPS) is 24.6. The van der Waals surface area contributed by atoms with E-state index >= 15 is 4.39 Å². The van der Waals surface area contributed by atoms with Gasteiger partial charge in [0, 0.05) is 34.6 Å². The van der Waals surface area contributed by atoms with Crippen LogP contribution in [0.15, 0.2) is 0 Å². The molecule has 0 radical (unpaired) electrons. The highest BCUT2D eigenvalue weighted by Gasteiger charge is 2.67. The number of nitrogens with one attached hydrogen (secondary N) is 1. The largest absolute Gasteiger partial charge is 0.464 e. The number of carbonyl (C=O) groups excluding carboxylic acids is 7. The lowest BCUT2D eigenvalue weighted by molar-refractivity contribution is -0.326. The molecule has 0 aromatic carbocycles. The Morgan fingerprint density at radius 1 is 0.881 bits per heavy atom. The maximum Gasteiger partial charge on any atom is 0.407 e. The number of alkyl carbamates (subject to hydrolysis) is 1. The van der Waals surface area contributed by atoms with Gasteiger partial charge in [0.15, 0.2) is 18.3 Å². The Labute approximate surface area is 240 Å². The van der Waals surface area contributed by atoms with E-state index in [-0.39, 0.29) is 6.61 Å². The fourth-order valence-corrected chi connectivity index (χ4v) is 3.97. The van der Waals surface area contributed by atoms with Crippen LogP contribution in [0.1, 0.15) is 54.4 Å². The van der Waals surface area contributed by atoms with Crippen molar-refractivity contribution >= 4 is 41.9 Å². The molecule has 0 bridgehead atoms. The molecule has 1 saturated heterocycles. The summed E-state index contributed by atoms with van der Waals surface area (Å²) in [5.41, 5.74) is 0. The molecule has 1 fully saturated rings. The molecule has 17 heteroatoms. The molecule has 0 aromatic rings. The van der Waals surface area contributed by atoms with E-state index in [9.17, 15) is 33.6 Å². The highest BCUT2D eigenvalue weighted by Crippen LogP contribution is 2.39. The summed E-state index contributed by atoms with van der Waals surface area (Å²) in [5.74, 6) is -10.2. The second-order valence-electron chi connectivity index (χ2n) is 9.00. The van der Waals surface area contributed by atoms with Gasteiger partial charge in [0.1, 0.15) is 18.8 Å². The first kappa shape index (κ1) is 36.0. The summed E-state index contributed by atoms with van der Waals surface area (Å²) in [5, 5.41) is 2.25. The van der Waals surface area contributed by atoms with Crippen molar-refractivity contribution in [2.45, 2.75) is 96.8 Å². The van der Waals surface area contributed by atoms with Gasteiger partial charge in [-0.05, 0) is 6.42 Å². The number of rotatable bonds is 13. The monoisotopic (exact) mass is 609 g/mol. The number of hydrogen-bond donors (Lipinski definition) is 1. The fourth-order valence-electron chi connectivity index (χ4n) is 3.97. The number of ether oxygens (including phenoxy) is 8. The summed E-state index contributed by atoms with van der Waals surface area (Å²) in [6, 6.07) is -1.87. The standard InChI is InChI=1S/C25H36FNO15/c1-8-9-10-36-24(34)27-18-20(19(39-14(4)30)17(38-13(3)29)11-37-12(2)28)42-25(23(33)35-7,41-16(6)32)22(26)21(18)40-15(5)31/h17-22H,8-11H2,1-7H3,(H,27,34)/t17-,18+,19-,20-,21-,22-,25?/m1/s1. The first-order valence-corrected chi connectivity index (χ1v) is 12.8. The highest BCUT2D eigenvalue weighted by atomic mass is 19.1. The Morgan fingerprint density at radius 2 is 1.50 bits per heavy atom. The first-order chi connectivity index (χ1) is 19.6. The van der Waals surface area contributed by atoms with E-state index in [1.807, 2.05) is 6.92 Å². The van der Waals surface area contributed by atoms with Crippen molar-refractivity contribution in [3.63, 3.8) is 0 Å². The zero-order valence-electron chi connectivity index (χ0n) is 24.3. The Balaban J connectivity index is 3.94. The molecule has 16 nitrogen and oxygen atoms in total. The lowest BCUT2D eigenvalue weighted by Gasteiger charge is -2.49. The van der Waals surface area contributed by atoms with Gasteiger partial charge in [0.05, 0.1) is 13.7 Å². The van der Waals surface area contributed by atoms with Gasteiger partial charge < -0.3 is 43.2 Å². The molecule has 1 amide bonds. The minimum Gasteiger partial charge on any atom is -0.464 e. The molecular formula is C25H36FNO15. The van der Waals surface area contributed by atoms with Gasteiger partial charge in [-0.25, -0.2) is 14.0 Å². The third kappa shape index (κ3) is 10.1. The summed E-state index contributed by atoms with van der Waals surface area (Å²) in [4.78, 5) is 85.5. The van der Waals surface area contributed by atoms with E-state index in [1.165, 1.54) is 0 Å². The molecular weight excluding hydrogens is 573 g/mol. The molecule has 0 aliphatic carbocycles. The van der Waals surface area contributed by atoms with Crippen LogP contribution in [-0.4, -0.2) is 105 Å². The quantitative estimate of drug-likeness (QED) is 0.170. The number of amides is 1. The SMILES string of the molecule is CCCCOC(=O)N[C@H]1[C@H]([C@H](OC(C)=O)[C@@H](COC(C)=O)OC(C)=O)OC(OC(C)=O)(C(=O)OC)[C@H](F)[C@@H]1OC(C)=O. The Bertz CT molecular complexity index is 1020. The van der Waals surface area contributed by atoms with Crippen LogP contribution in [0.3, 0.4) is 0 Å². The number of halogens is 1. The van der Waals surface area contributed by atoms with Gasteiger partial charge in [-0.1, -0.05) is 13.3 Å². The van der Waals surface area contributed by atoms with Crippen LogP contribution >= 0.6 is 0 Å². The molecule has 7 atom stereocenters. The lowest BCUT2D eigenvalue weighted by atomic mass is 9.86. The van der Waals surface area contributed by atoms with Crippen LogP contribution in [-0.2, 0) is 66.7 Å². The van der Waals surface area contributed by atoms with Crippen molar-refractivity contribution in [1.82, 2.24) is 5.32 Å². The second kappa shape index (κ2) is 16.4. The molecule has 1 aliphatic rings. The number of methoxy groups -OCH3 is 1. The van der Waals surface area contributed by atoms with E-state index in [0.29, 0.717) is 12.8 Å². The number of carbonyl (C=O) groups is 7. The molecule has 238 valence electrons. The topological polar surface area (TPSA) is 205 Å².